The maximum atomic E-state index is 12.7. The molecule has 0 aliphatic carbocycles. The van der Waals surface area contributed by atoms with E-state index in [4.69, 9.17) is 0 Å². The van der Waals surface area contributed by atoms with Crippen LogP contribution >= 0.6 is 0 Å². The van der Waals surface area contributed by atoms with E-state index in [9.17, 15) is 26.7 Å². The largest absolute Gasteiger partial charge is 0.461 e. The van der Waals surface area contributed by atoms with Gasteiger partial charge in [-0.05, 0) is 6.92 Å². The molecule has 9 heteroatoms. The van der Waals surface area contributed by atoms with Crippen molar-refractivity contribution in [3.05, 3.63) is 17.0 Å². The number of alkyl halides is 5. The Kier molecular flexibility index (Phi) is 3.92. The van der Waals surface area contributed by atoms with Gasteiger partial charge in [0.25, 0.3) is 6.43 Å². The minimum atomic E-state index is -5.11. The van der Waals surface area contributed by atoms with Crippen LogP contribution in [-0.2, 0) is 18.0 Å². The zero-order chi connectivity index (χ0) is 14.1. The lowest BCUT2D eigenvalue weighted by molar-refractivity contribution is -0.140. The molecular weight excluding hydrogens is 263 g/mol. The Morgan fingerprint density at radius 1 is 1.44 bits per heavy atom. The van der Waals surface area contributed by atoms with Gasteiger partial charge in [-0.15, -0.1) is 0 Å². The van der Waals surface area contributed by atoms with E-state index in [0.717, 1.165) is 7.05 Å². The lowest BCUT2D eigenvalue weighted by atomic mass is 10.1. The number of halogens is 5. The minimum Gasteiger partial charge on any atom is -0.461 e. The second-order valence-corrected chi connectivity index (χ2v) is 3.25. The van der Waals surface area contributed by atoms with E-state index in [1.807, 2.05) is 0 Å². The van der Waals surface area contributed by atoms with Crippen LogP contribution in [0.3, 0.4) is 0 Å². The first kappa shape index (κ1) is 14.4. The van der Waals surface area contributed by atoms with Crippen molar-refractivity contribution in [1.29, 1.82) is 0 Å². The molecule has 0 amide bonds. The number of carbonyl (C=O) groups excluding carboxylic acids is 1. The molecule has 0 aromatic carbocycles. The summed E-state index contributed by atoms with van der Waals surface area (Å²) >= 11 is 0. The molecule has 0 saturated carbocycles. The molecule has 102 valence electrons. The van der Waals surface area contributed by atoms with Crippen molar-refractivity contribution in [2.24, 2.45) is 7.05 Å². The monoisotopic (exact) mass is 272 g/mol. The second-order valence-electron chi connectivity index (χ2n) is 3.25. The van der Waals surface area contributed by atoms with Gasteiger partial charge >= 0.3 is 12.1 Å². The molecular formula is C9H9F5N2O2. The number of carbonyl (C=O) groups is 1. The van der Waals surface area contributed by atoms with Gasteiger partial charge in [0.2, 0.25) is 0 Å². The topological polar surface area (TPSA) is 44.1 Å². The Bertz CT molecular complexity index is 453. The van der Waals surface area contributed by atoms with Crippen molar-refractivity contribution < 1.29 is 31.5 Å². The quantitative estimate of drug-likeness (QED) is 0.627. The molecule has 0 N–H and O–H groups in total. The highest BCUT2D eigenvalue weighted by atomic mass is 19.4. The highest BCUT2D eigenvalue weighted by molar-refractivity contribution is 5.89. The highest BCUT2D eigenvalue weighted by Crippen LogP contribution is 2.38. The van der Waals surface area contributed by atoms with Crippen LogP contribution in [0.4, 0.5) is 22.0 Å². The van der Waals surface area contributed by atoms with Crippen molar-refractivity contribution in [2.45, 2.75) is 19.5 Å². The van der Waals surface area contributed by atoms with Crippen LogP contribution in [-0.4, -0.2) is 22.4 Å². The van der Waals surface area contributed by atoms with Crippen LogP contribution in [0, 0.1) is 0 Å². The summed E-state index contributed by atoms with van der Waals surface area (Å²) < 4.78 is 67.9. The van der Waals surface area contributed by atoms with Gasteiger partial charge in [0.1, 0.15) is 11.3 Å². The van der Waals surface area contributed by atoms with Gasteiger partial charge in [-0.2, -0.15) is 18.3 Å². The van der Waals surface area contributed by atoms with E-state index in [2.05, 4.69) is 9.84 Å². The normalized spacial score (nSPS) is 12.0. The van der Waals surface area contributed by atoms with Gasteiger partial charge in [0.15, 0.2) is 5.69 Å². The third kappa shape index (κ3) is 2.59. The molecule has 0 unspecified atom stereocenters. The van der Waals surface area contributed by atoms with Crippen molar-refractivity contribution in [3.8, 4) is 0 Å². The first-order chi connectivity index (χ1) is 8.20. The molecule has 0 aliphatic rings. The van der Waals surface area contributed by atoms with Gasteiger partial charge < -0.3 is 4.74 Å². The molecule has 1 rings (SSSR count). The summed E-state index contributed by atoms with van der Waals surface area (Å²) in [6.07, 6.45) is -8.54. The molecule has 0 saturated heterocycles. The third-order valence-electron chi connectivity index (χ3n) is 2.03. The smallest absolute Gasteiger partial charge is 0.420 e. The van der Waals surface area contributed by atoms with E-state index in [1.54, 1.807) is 0 Å². The maximum absolute atomic E-state index is 12.7. The number of aromatic nitrogens is 2. The lowest BCUT2D eigenvalue weighted by Crippen LogP contribution is -2.18. The molecule has 0 spiro atoms. The highest BCUT2D eigenvalue weighted by Gasteiger charge is 2.44. The number of nitrogens with zero attached hydrogens (tertiary/aromatic N) is 2. The number of ether oxygens (including phenoxy) is 1. The van der Waals surface area contributed by atoms with Crippen LogP contribution in [0.25, 0.3) is 0 Å². The van der Waals surface area contributed by atoms with Gasteiger partial charge in [-0.1, -0.05) is 0 Å². The average molecular weight is 272 g/mol. The molecule has 18 heavy (non-hydrogen) atoms. The fourth-order valence-electron chi connectivity index (χ4n) is 1.41. The Balaban J connectivity index is 3.45. The second kappa shape index (κ2) is 4.91. The van der Waals surface area contributed by atoms with Crippen LogP contribution in [0.15, 0.2) is 0 Å². The van der Waals surface area contributed by atoms with E-state index in [1.165, 1.54) is 6.92 Å². The fourth-order valence-corrected chi connectivity index (χ4v) is 1.41. The standard InChI is InChI=1S/C9H9F5N2O2/c1-3-18-8(17)6-4(9(12,13)14)5(7(10)11)15-16(6)2/h7H,3H2,1-2H3. The summed E-state index contributed by atoms with van der Waals surface area (Å²) in [5.74, 6) is -1.34. The predicted octanol–water partition coefficient (Wildman–Crippen LogP) is 2.55. The van der Waals surface area contributed by atoms with Crippen molar-refractivity contribution in [2.75, 3.05) is 6.61 Å². The van der Waals surface area contributed by atoms with E-state index in [0.29, 0.717) is 4.68 Å². The predicted molar refractivity (Wildman–Crippen MR) is 49.1 cm³/mol. The molecule has 0 atom stereocenters. The number of aryl methyl sites for hydroxylation is 1. The molecule has 1 aromatic rings. The Morgan fingerprint density at radius 2 is 2.00 bits per heavy atom. The first-order valence-corrected chi connectivity index (χ1v) is 4.79. The van der Waals surface area contributed by atoms with Gasteiger partial charge in [-0.25, -0.2) is 13.6 Å². The van der Waals surface area contributed by atoms with Crippen LogP contribution in [0.5, 0.6) is 0 Å². The summed E-state index contributed by atoms with van der Waals surface area (Å²) in [5, 5.41) is 3.03. The number of esters is 1. The number of rotatable bonds is 3. The van der Waals surface area contributed by atoms with Gasteiger partial charge in [-0.3, -0.25) is 4.68 Å². The lowest BCUT2D eigenvalue weighted by Gasteiger charge is -2.09. The van der Waals surface area contributed by atoms with Crippen molar-refractivity contribution >= 4 is 5.97 Å². The zero-order valence-corrected chi connectivity index (χ0v) is 9.39. The third-order valence-corrected chi connectivity index (χ3v) is 2.03. The van der Waals surface area contributed by atoms with E-state index in [-0.39, 0.29) is 6.61 Å². The SMILES string of the molecule is CCOC(=O)c1c(C(F)(F)F)c(C(F)F)nn1C. The van der Waals surface area contributed by atoms with Crippen LogP contribution in [0.2, 0.25) is 0 Å². The molecule has 0 radical (unpaired) electrons. The molecule has 1 aromatic heterocycles. The van der Waals surface area contributed by atoms with Gasteiger partial charge in [0, 0.05) is 7.05 Å². The van der Waals surface area contributed by atoms with E-state index >= 15 is 0 Å². The van der Waals surface area contributed by atoms with Crippen molar-refractivity contribution in [1.82, 2.24) is 9.78 Å². The van der Waals surface area contributed by atoms with Crippen LogP contribution < -0.4 is 0 Å². The van der Waals surface area contributed by atoms with Crippen molar-refractivity contribution in [3.63, 3.8) is 0 Å². The van der Waals surface area contributed by atoms with Crippen LogP contribution in [0.1, 0.15) is 35.1 Å². The summed E-state index contributed by atoms with van der Waals surface area (Å²) in [6, 6.07) is 0. The van der Waals surface area contributed by atoms with Gasteiger partial charge in [0.05, 0.1) is 6.61 Å². The Hall–Kier alpha value is -1.67. The summed E-state index contributed by atoms with van der Waals surface area (Å²) in [7, 11) is 0.966. The molecule has 0 aliphatic heterocycles. The number of hydrogen-bond donors (Lipinski definition) is 0. The van der Waals surface area contributed by atoms with E-state index < -0.39 is 35.5 Å². The maximum Gasteiger partial charge on any atom is 0.420 e. The Labute approximate surface area is 98.3 Å². The molecule has 0 fully saturated rings. The average Bonchev–Trinajstić information content (AvgIpc) is 2.55. The number of hydrogen-bond acceptors (Lipinski definition) is 3. The molecule has 1 heterocycles. The fraction of sp³-hybridized carbons (Fsp3) is 0.556. The summed E-state index contributed by atoms with van der Waals surface area (Å²) in [6.45, 7) is 1.21. The minimum absolute atomic E-state index is 0.175. The molecule has 4 nitrogen and oxygen atoms in total. The molecule has 0 bridgehead atoms. The Morgan fingerprint density at radius 3 is 2.39 bits per heavy atom. The first-order valence-electron chi connectivity index (χ1n) is 4.79. The summed E-state index contributed by atoms with van der Waals surface area (Å²) in [4.78, 5) is 11.3. The zero-order valence-electron chi connectivity index (χ0n) is 9.39. The summed E-state index contributed by atoms with van der Waals surface area (Å²) in [5.41, 5.74) is -4.26.